The molecule has 0 saturated heterocycles. The fourth-order valence-electron chi connectivity index (χ4n) is 3.09. The summed E-state index contributed by atoms with van der Waals surface area (Å²) in [6.45, 7) is 6.24. The fourth-order valence-corrected chi connectivity index (χ4v) is 4.28. The number of thiazole rings is 1. The van der Waals surface area contributed by atoms with E-state index in [1.807, 2.05) is 11.5 Å². The van der Waals surface area contributed by atoms with Crippen LogP contribution in [0.3, 0.4) is 0 Å². The molecule has 2 N–H and O–H groups in total. The van der Waals surface area contributed by atoms with Crippen LogP contribution in [-0.2, 0) is 11.3 Å². The number of hydrogen-bond acceptors (Lipinski definition) is 5. The Morgan fingerprint density at radius 1 is 1.54 bits per heavy atom. The van der Waals surface area contributed by atoms with Crippen molar-refractivity contribution in [1.82, 2.24) is 19.7 Å². The minimum atomic E-state index is 0.0483. The second kappa shape index (κ2) is 7.40. The lowest BCUT2D eigenvalue weighted by atomic mass is 10.0. The van der Waals surface area contributed by atoms with E-state index in [2.05, 4.69) is 27.1 Å². The third-order valence-electron chi connectivity index (χ3n) is 4.26. The molecule has 0 atom stereocenters. The summed E-state index contributed by atoms with van der Waals surface area (Å²) >= 11 is 6.68. The maximum atomic E-state index is 12.2. The van der Waals surface area contributed by atoms with Gasteiger partial charge in [-0.3, -0.25) is 14.5 Å². The first-order valence-electron chi connectivity index (χ1n) is 8.12. The molecule has 2 heterocycles. The molecule has 1 aliphatic rings. The van der Waals surface area contributed by atoms with Gasteiger partial charge in [-0.2, -0.15) is 5.10 Å². The monoisotopic (exact) mass is 363 g/mol. The second-order valence-corrected chi connectivity index (χ2v) is 7.47. The highest BCUT2D eigenvalue weighted by Gasteiger charge is 2.20. The lowest BCUT2D eigenvalue weighted by Crippen LogP contribution is -2.14. The fraction of sp³-hybridized carbons (Fsp3) is 0.500. The molecule has 128 valence electrons. The van der Waals surface area contributed by atoms with Gasteiger partial charge in [-0.05, 0) is 37.9 Å². The summed E-state index contributed by atoms with van der Waals surface area (Å²) in [6.07, 6.45) is 7.16. The molecule has 1 saturated carbocycles. The van der Waals surface area contributed by atoms with Crippen LogP contribution >= 0.6 is 23.6 Å². The predicted octanol–water partition coefficient (Wildman–Crippen LogP) is 4.08. The van der Waals surface area contributed by atoms with Crippen molar-refractivity contribution in [2.24, 2.45) is 5.92 Å². The van der Waals surface area contributed by atoms with Crippen molar-refractivity contribution in [3.05, 3.63) is 23.1 Å². The number of anilines is 1. The normalized spacial score (nSPS) is 14.9. The van der Waals surface area contributed by atoms with Crippen molar-refractivity contribution in [1.29, 1.82) is 0 Å². The average Bonchev–Trinajstić information content (AvgIpc) is 3.23. The van der Waals surface area contributed by atoms with Crippen molar-refractivity contribution in [2.45, 2.75) is 45.6 Å². The molecular formula is C16H21N5OS2. The molecule has 8 heteroatoms. The first-order chi connectivity index (χ1) is 11.6. The zero-order chi connectivity index (χ0) is 17.1. The Hall–Kier alpha value is -1.80. The van der Waals surface area contributed by atoms with E-state index in [0.717, 1.165) is 29.2 Å². The average molecular weight is 364 g/mol. The molecule has 1 amide bonds. The van der Waals surface area contributed by atoms with Crippen LogP contribution in [0.2, 0.25) is 0 Å². The van der Waals surface area contributed by atoms with E-state index < -0.39 is 0 Å². The van der Waals surface area contributed by atoms with Gasteiger partial charge in [0.25, 0.3) is 0 Å². The van der Waals surface area contributed by atoms with Crippen LogP contribution in [-0.4, -0.2) is 25.7 Å². The van der Waals surface area contributed by atoms with Crippen LogP contribution in [0, 0.1) is 17.6 Å². The highest BCUT2D eigenvalue weighted by Crippen LogP contribution is 2.32. The summed E-state index contributed by atoms with van der Waals surface area (Å²) in [4.78, 5) is 17.6. The number of aromatic amines is 1. The second-order valence-electron chi connectivity index (χ2n) is 6.09. The van der Waals surface area contributed by atoms with E-state index in [1.165, 1.54) is 24.2 Å². The van der Waals surface area contributed by atoms with Crippen LogP contribution in [0.5, 0.6) is 0 Å². The first-order valence-corrected chi connectivity index (χ1v) is 9.34. The smallest absolute Gasteiger partial charge is 0.226 e. The topological polar surface area (TPSA) is 75.6 Å². The van der Waals surface area contributed by atoms with E-state index in [4.69, 9.17) is 12.2 Å². The number of H-pyrrole nitrogens is 1. The van der Waals surface area contributed by atoms with Gasteiger partial charge in [0.1, 0.15) is 0 Å². The van der Waals surface area contributed by atoms with Crippen molar-refractivity contribution in [3.8, 4) is 10.7 Å². The van der Waals surface area contributed by atoms with Crippen LogP contribution in [0.15, 0.2) is 12.7 Å². The number of rotatable bonds is 6. The standard InChI is InChI=1S/C16H21N5OS2/c1-3-8-21-14(19-20-16(21)23)13-10(2)17-15(24-13)18-12(22)9-11-6-4-5-7-11/h3,11H,1,4-9H2,2H3,(H,20,23)(H,17,18,22). The van der Waals surface area contributed by atoms with Gasteiger partial charge in [0, 0.05) is 13.0 Å². The zero-order valence-electron chi connectivity index (χ0n) is 13.7. The molecule has 0 unspecified atom stereocenters. The molecule has 0 spiro atoms. The number of carbonyl (C=O) groups is 1. The summed E-state index contributed by atoms with van der Waals surface area (Å²) in [5, 5.41) is 10.7. The van der Waals surface area contributed by atoms with E-state index in [-0.39, 0.29) is 5.91 Å². The number of hydrogen-bond donors (Lipinski definition) is 2. The summed E-state index contributed by atoms with van der Waals surface area (Å²) in [5.74, 6) is 1.30. The van der Waals surface area contributed by atoms with Gasteiger partial charge in [0.15, 0.2) is 15.7 Å². The molecule has 2 aromatic rings. The van der Waals surface area contributed by atoms with Gasteiger partial charge in [-0.1, -0.05) is 30.3 Å². The molecule has 0 aliphatic heterocycles. The maximum Gasteiger partial charge on any atom is 0.226 e. The van der Waals surface area contributed by atoms with Gasteiger partial charge in [-0.25, -0.2) is 4.98 Å². The molecule has 6 nitrogen and oxygen atoms in total. The van der Waals surface area contributed by atoms with Crippen LogP contribution in [0.1, 0.15) is 37.8 Å². The van der Waals surface area contributed by atoms with Gasteiger partial charge in [0.05, 0.1) is 10.6 Å². The Kier molecular flexibility index (Phi) is 5.25. The summed E-state index contributed by atoms with van der Waals surface area (Å²) in [6, 6.07) is 0. The largest absolute Gasteiger partial charge is 0.302 e. The molecule has 24 heavy (non-hydrogen) atoms. The number of amides is 1. The molecule has 0 radical (unpaired) electrons. The Bertz CT molecular complexity index is 798. The Morgan fingerprint density at radius 3 is 3.00 bits per heavy atom. The molecule has 3 rings (SSSR count). The van der Waals surface area contributed by atoms with Gasteiger partial charge in [-0.15, -0.1) is 6.58 Å². The minimum Gasteiger partial charge on any atom is -0.302 e. The Labute approximate surface area is 150 Å². The molecule has 0 aromatic carbocycles. The third kappa shape index (κ3) is 3.64. The van der Waals surface area contributed by atoms with E-state index in [1.54, 1.807) is 6.08 Å². The van der Waals surface area contributed by atoms with E-state index in [9.17, 15) is 4.79 Å². The van der Waals surface area contributed by atoms with Crippen LogP contribution in [0.25, 0.3) is 10.7 Å². The SMILES string of the molecule is C=CCn1c(-c2sc(NC(=O)CC3CCCC3)nc2C)n[nH]c1=S. The number of aromatic nitrogens is 4. The van der Waals surface area contributed by atoms with Crippen LogP contribution in [0.4, 0.5) is 5.13 Å². The van der Waals surface area contributed by atoms with Crippen molar-refractivity contribution in [3.63, 3.8) is 0 Å². The van der Waals surface area contributed by atoms with Gasteiger partial charge >= 0.3 is 0 Å². The molecule has 2 aromatic heterocycles. The first kappa shape index (κ1) is 17.0. The van der Waals surface area contributed by atoms with E-state index in [0.29, 0.717) is 28.8 Å². The lowest BCUT2D eigenvalue weighted by molar-refractivity contribution is -0.117. The van der Waals surface area contributed by atoms with Crippen molar-refractivity contribution >= 4 is 34.6 Å². The highest BCUT2D eigenvalue weighted by atomic mass is 32.1. The quantitative estimate of drug-likeness (QED) is 0.599. The highest BCUT2D eigenvalue weighted by molar-refractivity contribution is 7.71. The van der Waals surface area contributed by atoms with Gasteiger partial charge < -0.3 is 5.32 Å². The number of allylic oxidation sites excluding steroid dienone is 1. The predicted molar refractivity (Wildman–Crippen MR) is 98.7 cm³/mol. The number of nitrogens with one attached hydrogen (secondary N) is 2. The molecule has 1 aliphatic carbocycles. The summed E-state index contributed by atoms with van der Waals surface area (Å²) < 4.78 is 2.41. The Balaban J connectivity index is 1.76. The van der Waals surface area contributed by atoms with Gasteiger partial charge in [0.2, 0.25) is 5.91 Å². The number of carbonyl (C=O) groups excluding carboxylic acids is 1. The third-order valence-corrected chi connectivity index (χ3v) is 5.65. The zero-order valence-corrected chi connectivity index (χ0v) is 15.3. The molecular weight excluding hydrogens is 342 g/mol. The number of nitrogens with zero attached hydrogens (tertiary/aromatic N) is 3. The Morgan fingerprint density at radius 2 is 2.29 bits per heavy atom. The maximum absolute atomic E-state index is 12.2. The lowest BCUT2D eigenvalue weighted by Gasteiger charge is -2.07. The van der Waals surface area contributed by atoms with Crippen LogP contribution < -0.4 is 5.32 Å². The minimum absolute atomic E-state index is 0.0483. The van der Waals surface area contributed by atoms with Crippen molar-refractivity contribution in [2.75, 3.05) is 5.32 Å². The summed E-state index contributed by atoms with van der Waals surface area (Å²) in [5.41, 5.74) is 0.829. The number of aryl methyl sites for hydroxylation is 1. The van der Waals surface area contributed by atoms with E-state index >= 15 is 0 Å². The molecule has 0 bridgehead atoms. The molecule has 1 fully saturated rings. The summed E-state index contributed by atoms with van der Waals surface area (Å²) in [7, 11) is 0. The van der Waals surface area contributed by atoms with Crippen molar-refractivity contribution < 1.29 is 4.79 Å².